The minimum atomic E-state index is 0.314. The molecule has 2 rings (SSSR count). The van der Waals surface area contributed by atoms with Gasteiger partial charge in [0.1, 0.15) is 0 Å². The van der Waals surface area contributed by atoms with Crippen LogP contribution in [0.2, 0.25) is 0 Å². The standard InChI is InChI=1S/C16H24ClN/c1-12(2)14-9-7-13(8-10-14)11-18-16-6-4-3-5-15(16)17/h7-10,12,15-16,18H,3-6,11H2,1-2H3. The van der Waals surface area contributed by atoms with Crippen molar-refractivity contribution in [3.63, 3.8) is 0 Å². The number of benzene rings is 1. The van der Waals surface area contributed by atoms with Crippen molar-refractivity contribution >= 4 is 11.6 Å². The lowest BCUT2D eigenvalue weighted by molar-refractivity contribution is 0.378. The zero-order valence-corrected chi connectivity index (χ0v) is 12.2. The van der Waals surface area contributed by atoms with Crippen molar-refractivity contribution < 1.29 is 0 Å². The van der Waals surface area contributed by atoms with E-state index in [1.807, 2.05) is 0 Å². The zero-order chi connectivity index (χ0) is 13.0. The van der Waals surface area contributed by atoms with Crippen LogP contribution in [0.5, 0.6) is 0 Å². The molecule has 0 heterocycles. The van der Waals surface area contributed by atoms with Crippen LogP contribution in [0.4, 0.5) is 0 Å². The molecule has 100 valence electrons. The van der Waals surface area contributed by atoms with Crippen LogP contribution in [0.1, 0.15) is 56.6 Å². The number of alkyl halides is 1. The molecule has 0 bridgehead atoms. The van der Waals surface area contributed by atoms with E-state index in [0.29, 0.717) is 17.3 Å². The topological polar surface area (TPSA) is 12.0 Å². The van der Waals surface area contributed by atoms with Crippen molar-refractivity contribution in [1.29, 1.82) is 0 Å². The van der Waals surface area contributed by atoms with Crippen LogP contribution in [-0.2, 0) is 6.54 Å². The van der Waals surface area contributed by atoms with Crippen LogP contribution < -0.4 is 5.32 Å². The molecule has 1 aliphatic rings. The van der Waals surface area contributed by atoms with Gasteiger partial charge >= 0.3 is 0 Å². The van der Waals surface area contributed by atoms with E-state index in [1.165, 1.54) is 30.4 Å². The van der Waals surface area contributed by atoms with Gasteiger partial charge in [-0.05, 0) is 29.9 Å². The highest BCUT2D eigenvalue weighted by molar-refractivity contribution is 6.21. The van der Waals surface area contributed by atoms with E-state index in [1.54, 1.807) is 0 Å². The Morgan fingerprint density at radius 1 is 1.17 bits per heavy atom. The fraction of sp³-hybridized carbons (Fsp3) is 0.625. The SMILES string of the molecule is CC(C)c1ccc(CNC2CCCCC2Cl)cc1. The van der Waals surface area contributed by atoms with Gasteiger partial charge in [0.05, 0.1) is 0 Å². The van der Waals surface area contributed by atoms with Crippen LogP contribution in [-0.4, -0.2) is 11.4 Å². The third-order valence-electron chi connectivity index (χ3n) is 3.90. The lowest BCUT2D eigenvalue weighted by Crippen LogP contribution is -2.38. The summed E-state index contributed by atoms with van der Waals surface area (Å²) in [5.74, 6) is 0.609. The molecule has 1 N–H and O–H groups in total. The number of hydrogen-bond acceptors (Lipinski definition) is 1. The quantitative estimate of drug-likeness (QED) is 0.793. The molecule has 1 nitrogen and oxygen atoms in total. The van der Waals surface area contributed by atoms with Crippen molar-refractivity contribution in [3.8, 4) is 0 Å². The zero-order valence-electron chi connectivity index (χ0n) is 11.5. The van der Waals surface area contributed by atoms with Gasteiger partial charge in [0.15, 0.2) is 0 Å². The van der Waals surface area contributed by atoms with Gasteiger partial charge in [-0.3, -0.25) is 0 Å². The highest BCUT2D eigenvalue weighted by Gasteiger charge is 2.22. The fourth-order valence-corrected chi connectivity index (χ4v) is 2.95. The third kappa shape index (κ3) is 3.73. The predicted octanol–water partition coefficient (Wildman–Crippen LogP) is 4.45. The van der Waals surface area contributed by atoms with Crippen molar-refractivity contribution in [3.05, 3.63) is 35.4 Å². The first-order valence-electron chi connectivity index (χ1n) is 7.13. The number of nitrogens with one attached hydrogen (secondary N) is 1. The summed E-state index contributed by atoms with van der Waals surface area (Å²) in [7, 11) is 0. The van der Waals surface area contributed by atoms with E-state index in [2.05, 4.69) is 43.4 Å². The van der Waals surface area contributed by atoms with Gasteiger partial charge in [0, 0.05) is 18.0 Å². The first-order chi connectivity index (χ1) is 8.66. The largest absolute Gasteiger partial charge is 0.308 e. The van der Waals surface area contributed by atoms with E-state index < -0.39 is 0 Å². The Kier molecular flexibility index (Phi) is 5.08. The normalized spacial score (nSPS) is 24.4. The average molecular weight is 266 g/mol. The van der Waals surface area contributed by atoms with Crippen molar-refractivity contribution in [1.82, 2.24) is 5.32 Å². The van der Waals surface area contributed by atoms with Gasteiger partial charge in [0.2, 0.25) is 0 Å². The molecule has 0 spiro atoms. The molecule has 0 amide bonds. The summed E-state index contributed by atoms with van der Waals surface area (Å²) >= 11 is 6.35. The maximum absolute atomic E-state index is 6.35. The Hall–Kier alpha value is -0.530. The maximum Gasteiger partial charge on any atom is 0.0489 e. The lowest BCUT2D eigenvalue weighted by Gasteiger charge is -2.28. The first kappa shape index (κ1) is 13.9. The Morgan fingerprint density at radius 3 is 2.44 bits per heavy atom. The van der Waals surface area contributed by atoms with Gasteiger partial charge in [0.25, 0.3) is 0 Å². The van der Waals surface area contributed by atoms with Gasteiger partial charge in [-0.2, -0.15) is 0 Å². The summed E-state index contributed by atoms with van der Waals surface area (Å²) in [6.45, 7) is 5.40. The van der Waals surface area contributed by atoms with Crippen LogP contribution in [0.3, 0.4) is 0 Å². The van der Waals surface area contributed by atoms with Gasteiger partial charge in [-0.1, -0.05) is 51.0 Å². The van der Waals surface area contributed by atoms with E-state index in [9.17, 15) is 0 Å². The van der Waals surface area contributed by atoms with Crippen LogP contribution >= 0.6 is 11.6 Å². The van der Waals surface area contributed by atoms with Gasteiger partial charge in [-0.25, -0.2) is 0 Å². The monoisotopic (exact) mass is 265 g/mol. The van der Waals surface area contributed by atoms with Crippen molar-refractivity contribution in [2.45, 2.75) is 63.4 Å². The van der Waals surface area contributed by atoms with E-state index >= 15 is 0 Å². The highest BCUT2D eigenvalue weighted by atomic mass is 35.5. The second-order valence-electron chi connectivity index (χ2n) is 5.68. The number of halogens is 1. The molecule has 2 atom stereocenters. The van der Waals surface area contributed by atoms with E-state index in [-0.39, 0.29) is 0 Å². The van der Waals surface area contributed by atoms with Crippen LogP contribution in [0.15, 0.2) is 24.3 Å². The smallest absolute Gasteiger partial charge is 0.0489 e. The molecule has 1 aromatic carbocycles. The molecule has 2 unspecified atom stereocenters. The second-order valence-corrected chi connectivity index (χ2v) is 6.24. The van der Waals surface area contributed by atoms with E-state index in [0.717, 1.165) is 13.0 Å². The summed E-state index contributed by atoms with van der Waals surface area (Å²) < 4.78 is 0. The minimum absolute atomic E-state index is 0.314. The summed E-state index contributed by atoms with van der Waals surface area (Å²) in [6.07, 6.45) is 4.98. The molecule has 2 heteroatoms. The van der Waals surface area contributed by atoms with Crippen molar-refractivity contribution in [2.75, 3.05) is 0 Å². The summed E-state index contributed by atoms with van der Waals surface area (Å²) in [5, 5.41) is 3.92. The minimum Gasteiger partial charge on any atom is -0.308 e. The third-order valence-corrected chi connectivity index (χ3v) is 4.42. The van der Waals surface area contributed by atoms with Gasteiger partial charge in [-0.15, -0.1) is 11.6 Å². The second kappa shape index (κ2) is 6.58. The van der Waals surface area contributed by atoms with Crippen LogP contribution in [0.25, 0.3) is 0 Å². The summed E-state index contributed by atoms with van der Waals surface area (Å²) in [4.78, 5) is 0. The number of hydrogen-bond donors (Lipinski definition) is 1. The highest BCUT2D eigenvalue weighted by Crippen LogP contribution is 2.23. The maximum atomic E-state index is 6.35. The molecule has 1 fully saturated rings. The first-order valence-corrected chi connectivity index (χ1v) is 7.57. The van der Waals surface area contributed by atoms with E-state index in [4.69, 9.17) is 11.6 Å². The Balaban J connectivity index is 1.85. The molecule has 0 saturated heterocycles. The molecule has 0 aromatic heterocycles. The molecule has 1 aromatic rings. The van der Waals surface area contributed by atoms with Crippen molar-refractivity contribution in [2.24, 2.45) is 0 Å². The van der Waals surface area contributed by atoms with Crippen LogP contribution in [0, 0.1) is 0 Å². The molecule has 1 saturated carbocycles. The Bertz CT molecular complexity index is 358. The molecular weight excluding hydrogens is 242 g/mol. The number of rotatable bonds is 4. The predicted molar refractivity (Wildman–Crippen MR) is 79.3 cm³/mol. The average Bonchev–Trinajstić information content (AvgIpc) is 2.38. The lowest BCUT2D eigenvalue weighted by atomic mass is 9.94. The Labute approximate surface area is 116 Å². The molecule has 1 aliphatic carbocycles. The molecule has 18 heavy (non-hydrogen) atoms. The summed E-state index contributed by atoms with van der Waals surface area (Å²) in [5.41, 5.74) is 2.76. The molecule has 0 aliphatic heterocycles. The Morgan fingerprint density at radius 2 is 1.83 bits per heavy atom. The molecule has 0 radical (unpaired) electrons. The van der Waals surface area contributed by atoms with Gasteiger partial charge < -0.3 is 5.32 Å². The fourth-order valence-electron chi connectivity index (χ4n) is 2.58. The molecular formula is C16H24ClN. The summed E-state index contributed by atoms with van der Waals surface area (Å²) in [6, 6.07) is 9.43.